The van der Waals surface area contributed by atoms with Crippen LogP contribution in [0.2, 0.25) is 0 Å². The maximum absolute atomic E-state index is 13.3. The van der Waals surface area contributed by atoms with Gasteiger partial charge in [0.05, 0.1) is 18.0 Å². The molecule has 156 valence electrons. The Morgan fingerprint density at radius 3 is 2.36 bits per heavy atom. The Morgan fingerprint density at radius 2 is 1.79 bits per heavy atom. The van der Waals surface area contributed by atoms with Gasteiger partial charge >= 0.3 is 11.8 Å². The summed E-state index contributed by atoms with van der Waals surface area (Å²) in [5.41, 5.74) is 2.33. The minimum absolute atomic E-state index is 0.104. The van der Waals surface area contributed by atoms with Crippen molar-refractivity contribution in [3.05, 3.63) is 28.8 Å². The Hall–Kier alpha value is -1.97. The number of amides is 2. The molecule has 1 fully saturated rings. The van der Waals surface area contributed by atoms with Gasteiger partial charge in [0, 0.05) is 12.6 Å². The lowest BCUT2D eigenvalue weighted by Gasteiger charge is -2.35. The van der Waals surface area contributed by atoms with Crippen molar-refractivity contribution in [1.82, 2.24) is 14.9 Å². The molecule has 2 amide bonds. The number of hydrogen-bond donors (Lipinski definition) is 2. The first-order chi connectivity index (χ1) is 13.0. The molecule has 28 heavy (non-hydrogen) atoms. The summed E-state index contributed by atoms with van der Waals surface area (Å²) in [5.74, 6) is -1.58. The number of benzene rings is 1. The Kier molecular flexibility index (Phi) is 7.19. The highest BCUT2D eigenvalue weighted by Crippen LogP contribution is 2.28. The Labute approximate surface area is 166 Å². The molecule has 0 bridgehead atoms. The Morgan fingerprint density at radius 1 is 1.18 bits per heavy atom. The van der Waals surface area contributed by atoms with E-state index in [-0.39, 0.29) is 24.0 Å². The topological polar surface area (TPSA) is 105 Å². The second-order valence-electron chi connectivity index (χ2n) is 7.36. The molecule has 1 unspecified atom stereocenters. The van der Waals surface area contributed by atoms with E-state index in [0.717, 1.165) is 5.56 Å². The summed E-state index contributed by atoms with van der Waals surface area (Å²) >= 11 is 0. The zero-order chi connectivity index (χ0) is 21.1. The van der Waals surface area contributed by atoms with Crippen molar-refractivity contribution in [3.8, 4) is 0 Å². The molecule has 0 aliphatic carbocycles. The average molecular weight is 412 g/mol. The summed E-state index contributed by atoms with van der Waals surface area (Å²) in [7, 11) is -3.82. The predicted octanol–water partition coefficient (Wildman–Crippen LogP) is 0.990. The number of nitrogens with one attached hydrogen (secondary N) is 2. The molecule has 1 aliphatic heterocycles. The molecular formula is C19H29N3O5S. The molecule has 8 nitrogen and oxygen atoms in total. The van der Waals surface area contributed by atoms with Crippen LogP contribution < -0.4 is 10.6 Å². The zero-order valence-corrected chi connectivity index (χ0v) is 17.9. The second kappa shape index (κ2) is 9.02. The van der Waals surface area contributed by atoms with E-state index in [1.165, 1.54) is 4.31 Å². The first-order valence-electron chi connectivity index (χ1n) is 9.34. The van der Waals surface area contributed by atoms with Crippen LogP contribution in [-0.2, 0) is 24.3 Å². The summed E-state index contributed by atoms with van der Waals surface area (Å²) in [6.45, 7) is 9.51. The molecule has 9 heteroatoms. The van der Waals surface area contributed by atoms with Gasteiger partial charge < -0.3 is 15.4 Å². The van der Waals surface area contributed by atoms with Gasteiger partial charge in [-0.1, -0.05) is 17.7 Å². The molecule has 1 aromatic carbocycles. The van der Waals surface area contributed by atoms with Crippen LogP contribution in [0.5, 0.6) is 0 Å². The first-order valence-corrected chi connectivity index (χ1v) is 10.8. The van der Waals surface area contributed by atoms with Gasteiger partial charge in [-0.3, -0.25) is 9.59 Å². The molecule has 0 saturated carbocycles. The molecule has 1 saturated heterocycles. The van der Waals surface area contributed by atoms with E-state index in [1.807, 2.05) is 19.1 Å². The third kappa shape index (κ3) is 5.09. The smallest absolute Gasteiger partial charge is 0.309 e. The van der Waals surface area contributed by atoms with Crippen LogP contribution in [0, 0.1) is 20.8 Å². The first kappa shape index (κ1) is 22.3. The largest absolute Gasteiger partial charge is 0.360 e. The van der Waals surface area contributed by atoms with E-state index in [2.05, 4.69) is 10.6 Å². The van der Waals surface area contributed by atoms with Crippen molar-refractivity contribution < 1.29 is 22.7 Å². The minimum Gasteiger partial charge on any atom is -0.360 e. The lowest BCUT2D eigenvalue weighted by atomic mass is 10.1. The number of nitrogens with zero attached hydrogens (tertiary/aromatic N) is 1. The SMILES string of the molecule is Cc1cc(C)c(S(=O)(=O)N2CCCOC2CNC(=O)C(=O)NC(C)C)c(C)c1. The van der Waals surface area contributed by atoms with Gasteiger partial charge in [0.15, 0.2) is 0 Å². The molecule has 1 heterocycles. The van der Waals surface area contributed by atoms with Gasteiger partial charge in [0.25, 0.3) is 0 Å². The van der Waals surface area contributed by atoms with Crippen LogP contribution in [0.3, 0.4) is 0 Å². The number of ether oxygens (including phenoxy) is 1. The lowest BCUT2D eigenvalue weighted by molar-refractivity contribution is -0.140. The fraction of sp³-hybridized carbons (Fsp3) is 0.579. The molecular weight excluding hydrogens is 382 g/mol. The van der Waals surface area contributed by atoms with Gasteiger partial charge in [-0.15, -0.1) is 0 Å². The van der Waals surface area contributed by atoms with Gasteiger partial charge in [0.2, 0.25) is 10.0 Å². The number of aryl methyl sites for hydroxylation is 3. The van der Waals surface area contributed by atoms with Crippen LogP contribution >= 0.6 is 0 Å². The lowest BCUT2D eigenvalue weighted by Crippen LogP contribution is -2.53. The van der Waals surface area contributed by atoms with Gasteiger partial charge in [0.1, 0.15) is 6.23 Å². The molecule has 1 aliphatic rings. The third-order valence-electron chi connectivity index (χ3n) is 4.39. The summed E-state index contributed by atoms with van der Waals surface area (Å²) < 4.78 is 33.5. The number of carbonyl (C=O) groups excluding carboxylic acids is 2. The molecule has 2 N–H and O–H groups in total. The molecule has 0 aromatic heterocycles. The van der Waals surface area contributed by atoms with Crippen LogP contribution in [0.4, 0.5) is 0 Å². The molecule has 1 atom stereocenters. The summed E-state index contributed by atoms with van der Waals surface area (Å²) in [5, 5.41) is 4.96. The Bertz CT molecular complexity index is 828. The zero-order valence-electron chi connectivity index (χ0n) is 17.0. The molecule has 0 radical (unpaired) electrons. The second-order valence-corrected chi connectivity index (χ2v) is 9.19. The third-order valence-corrected chi connectivity index (χ3v) is 6.58. The van der Waals surface area contributed by atoms with Crippen LogP contribution in [0.25, 0.3) is 0 Å². The van der Waals surface area contributed by atoms with E-state index < -0.39 is 28.1 Å². The highest BCUT2D eigenvalue weighted by Gasteiger charge is 2.36. The highest BCUT2D eigenvalue weighted by atomic mass is 32.2. The fourth-order valence-corrected chi connectivity index (χ4v) is 5.36. The number of hydrogen-bond acceptors (Lipinski definition) is 5. The molecule has 0 spiro atoms. The number of rotatable bonds is 5. The van der Waals surface area contributed by atoms with Gasteiger partial charge in [-0.2, -0.15) is 4.31 Å². The Balaban J connectivity index is 2.21. The number of carbonyl (C=O) groups is 2. The van der Waals surface area contributed by atoms with E-state index in [0.29, 0.717) is 24.2 Å². The predicted molar refractivity (Wildman–Crippen MR) is 105 cm³/mol. The van der Waals surface area contributed by atoms with Crippen LogP contribution in [0.1, 0.15) is 37.0 Å². The number of sulfonamides is 1. The van der Waals surface area contributed by atoms with Crippen molar-refractivity contribution in [2.75, 3.05) is 19.7 Å². The minimum atomic E-state index is -3.82. The van der Waals surface area contributed by atoms with E-state index in [1.54, 1.807) is 27.7 Å². The summed E-state index contributed by atoms with van der Waals surface area (Å²) in [6.07, 6.45) is -0.309. The highest BCUT2D eigenvalue weighted by molar-refractivity contribution is 7.89. The van der Waals surface area contributed by atoms with Crippen molar-refractivity contribution >= 4 is 21.8 Å². The van der Waals surface area contributed by atoms with Crippen molar-refractivity contribution in [3.63, 3.8) is 0 Å². The fourth-order valence-electron chi connectivity index (χ4n) is 3.38. The maximum Gasteiger partial charge on any atom is 0.309 e. The monoisotopic (exact) mass is 411 g/mol. The van der Waals surface area contributed by atoms with E-state index >= 15 is 0 Å². The standard InChI is InChI=1S/C19H29N3O5S/c1-12(2)21-19(24)18(23)20-11-16-22(7-6-8-27-16)28(25,26)17-14(4)9-13(3)10-15(17)5/h9-10,12,16H,6-8,11H2,1-5H3,(H,20,23)(H,21,24). The van der Waals surface area contributed by atoms with Crippen molar-refractivity contribution in [1.29, 1.82) is 0 Å². The summed E-state index contributed by atoms with van der Waals surface area (Å²) in [4.78, 5) is 24.0. The van der Waals surface area contributed by atoms with Crippen molar-refractivity contribution in [2.24, 2.45) is 0 Å². The normalized spacial score (nSPS) is 18.1. The van der Waals surface area contributed by atoms with Crippen LogP contribution in [0.15, 0.2) is 17.0 Å². The maximum atomic E-state index is 13.3. The molecule has 1 aromatic rings. The van der Waals surface area contributed by atoms with Crippen LogP contribution in [-0.4, -0.2) is 56.5 Å². The molecule has 2 rings (SSSR count). The van der Waals surface area contributed by atoms with Gasteiger partial charge in [-0.25, -0.2) is 8.42 Å². The van der Waals surface area contributed by atoms with Gasteiger partial charge in [-0.05, 0) is 52.2 Å². The van der Waals surface area contributed by atoms with Crippen molar-refractivity contribution in [2.45, 2.75) is 58.2 Å². The quantitative estimate of drug-likeness (QED) is 0.703. The average Bonchev–Trinajstić information content (AvgIpc) is 2.58. The summed E-state index contributed by atoms with van der Waals surface area (Å²) in [6, 6.07) is 3.49. The van der Waals surface area contributed by atoms with E-state index in [4.69, 9.17) is 4.74 Å². The van der Waals surface area contributed by atoms with E-state index in [9.17, 15) is 18.0 Å².